The molecule has 2 unspecified atom stereocenters. The molecule has 14 nitrogen and oxygen atoms in total. The summed E-state index contributed by atoms with van der Waals surface area (Å²) >= 11 is 0. The number of nitrogens with one attached hydrogen (secondary N) is 4. The zero-order valence-electron chi connectivity index (χ0n) is 32.5. The summed E-state index contributed by atoms with van der Waals surface area (Å²) in [5, 5.41) is 11.8. The topological polar surface area (TPSA) is 205 Å². The van der Waals surface area contributed by atoms with Crippen molar-refractivity contribution in [1.29, 1.82) is 0 Å². The molecular formula is C40H60BN6O8. The lowest BCUT2D eigenvalue weighted by atomic mass is 9.83. The Labute approximate surface area is 326 Å². The van der Waals surface area contributed by atoms with E-state index in [1.165, 1.54) is 0 Å². The van der Waals surface area contributed by atoms with Gasteiger partial charge in [-0.05, 0) is 113 Å². The highest BCUT2D eigenvalue weighted by molar-refractivity contribution is 6.18. The molecule has 8 N–H and O–H groups in total. The van der Waals surface area contributed by atoms with Gasteiger partial charge in [0, 0.05) is 13.1 Å². The van der Waals surface area contributed by atoms with Crippen molar-refractivity contribution >= 4 is 31.3 Å². The molecule has 1 radical (unpaired) electrons. The van der Waals surface area contributed by atoms with Crippen LogP contribution in [0.5, 0.6) is 11.5 Å². The van der Waals surface area contributed by atoms with Gasteiger partial charge in [0.2, 0.25) is 23.6 Å². The largest absolute Gasteiger partial charge is 0.497 e. The van der Waals surface area contributed by atoms with E-state index in [4.69, 9.17) is 30.2 Å². The van der Waals surface area contributed by atoms with Crippen molar-refractivity contribution in [2.24, 2.45) is 22.3 Å². The maximum absolute atomic E-state index is 13.8. The standard InChI is InChI=1S/C40H60BN6O8/c1-52-31-13-7-11-29(27-31)17-25-44-35(48)39(19-3-4-20-39)37(50)46-33(15-9-23-42)54-41-55-34(16-10-24-43)47-38(51)40(21-5-6-22-40)36(49)45-26-18-30-12-8-14-32(28-30)53-2/h7-8,11-14,27-28,33-34H,3-6,9-10,15-26,42-43H2,1-2H3,(H,44,48)(H,45,49)(H,46,50)(H,47,51). The van der Waals surface area contributed by atoms with Crippen LogP contribution in [0.15, 0.2) is 48.5 Å². The lowest BCUT2D eigenvalue weighted by Crippen LogP contribution is -2.54. The Morgan fingerprint density at radius 3 is 1.42 bits per heavy atom. The quantitative estimate of drug-likeness (QED) is 0.0524. The van der Waals surface area contributed by atoms with Crippen LogP contribution in [-0.4, -0.2) is 84.2 Å². The summed E-state index contributed by atoms with van der Waals surface area (Å²) in [5.41, 5.74) is 11.2. The summed E-state index contributed by atoms with van der Waals surface area (Å²) in [4.78, 5) is 54.9. The molecule has 55 heavy (non-hydrogen) atoms. The molecule has 0 heterocycles. The minimum absolute atomic E-state index is 0.307. The van der Waals surface area contributed by atoms with E-state index in [2.05, 4.69) is 21.3 Å². The molecule has 0 aliphatic heterocycles. The van der Waals surface area contributed by atoms with E-state index in [1.807, 2.05) is 48.5 Å². The Kier molecular flexibility index (Phi) is 17.7. The summed E-state index contributed by atoms with van der Waals surface area (Å²) in [6, 6.07) is 15.3. The third-order valence-electron chi connectivity index (χ3n) is 10.7. The molecule has 2 saturated carbocycles. The second-order valence-electron chi connectivity index (χ2n) is 14.4. The number of hydrogen-bond acceptors (Lipinski definition) is 10. The number of benzene rings is 2. The third kappa shape index (κ3) is 12.4. The first kappa shape index (κ1) is 43.6. The fraction of sp³-hybridized carbons (Fsp3) is 0.600. The molecule has 2 aromatic rings. The number of amides is 4. The SMILES string of the molecule is COc1cccc(CCNC(=O)C2(C(=O)NC(CCCN)O[B]OC(CCCN)NC(=O)C3(C(=O)NCCc4cccc(OC)c4)CCCC3)CCCC2)c1. The number of carbonyl (C=O) groups is 4. The van der Waals surface area contributed by atoms with Crippen LogP contribution in [-0.2, 0) is 41.3 Å². The molecule has 4 amide bonds. The van der Waals surface area contributed by atoms with Gasteiger partial charge < -0.3 is 51.5 Å². The molecule has 0 bridgehead atoms. The van der Waals surface area contributed by atoms with Crippen molar-refractivity contribution in [3.8, 4) is 11.5 Å². The first-order valence-electron chi connectivity index (χ1n) is 19.7. The van der Waals surface area contributed by atoms with Gasteiger partial charge in [-0.1, -0.05) is 49.9 Å². The Bertz CT molecular complexity index is 1420. The summed E-state index contributed by atoms with van der Waals surface area (Å²) in [6.45, 7) is 1.48. The van der Waals surface area contributed by atoms with Crippen LogP contribution in [0, 0.1) is 10.8 Å². The fourth-order valence-corrected chi connectivity index (χ4v) is 7.40. The van der Waals surface area contributed by atoms with Crippen LogP contribution in [0.4, 0.5) is 0 Å². The van der Waals surface area contributed by atoms with Gasteiger partial charge in [0.1, 0.15) is 34.8 Å². The number of ether oxygens (including phenoxy) is 2. The number of carbonyl (C=O) groups excluding carboxylic acids is 4. The molecule has 0 saturated heterocycles. The predicted octanol–water partition coefficient (Wildman–Crippen LogP) is 2.77. The lowest BCUT2D eigenvalue weighted by Gasteiger charge is -2.31. The second kappa shape index (κ2) is 22.4. The zero-order chi connectivity index (χ0) is 39.5. The highest BCUT2D eigenvalue weighted by Gasteiger charge is 2.49. The molecular weight excluding hydrogens is 703 g/mol. The van der Waals surface area contributed by atoms with Crippen LogP contribution >= 0.6 is 0 Å². The van der Waals surface area contributed by atoms with E-state index < -0.39 is 35.1 Å². The minimum Gasteiger partial charge on any atom is -0.497 e. The van der Waals surface area contributed by atoms with E-state index in [0.717, 1.165) is 56.0 Å². The van der Waals surface area contributed by atoms with Crippen LogP contribution in [0.2, 0.25) is 0 Å². The molecule has 15 heteroatoms. The van der Waals surface area contributed by atoms with Crippen molar-refractivity contribution in [3.63, 3.8) is 0 Å². The highest BCUT2D eigenvalue weighted by atomic mass is 16.6. The number of methoxy groups -OCH3 is 2. The molecule has 0 spiro atoms. The summed E-state index contributed by atoms with van der Waals surface area (Å²) in [5.74, 6) is 0.0483. The van der Waals surface area contributed by atoms with E-state index in [9.17, 15) is 19.2 Å². The van der Waals surface area contributed by atoms with Crippen molar-refractivity contribution < 1.29 is 38.0 Å². The second-order valence-corrected chi connectivity index (χ2v) is 14.4. The third-order valence-corrected chi connectivity index (χ3v) is 10.7. The van der Waals surface area contributed by atoms with E-state index in [1.54, 1.807) is 14.2 Å². The van der Waals surface area contributed by atoms with Gasteiger partial charge >= 0.3 is 7.69 Å². The maximum atomic E-state index is 13.8. The van der Waals surface area contributed by atoms with Gasteiger partial charge in [0.05, 0.1) is 14.2 Å². The Morgan fingerprint density at radius 2 is 1.05 bits per heavy atom. The lowest BCUT2D eigenvalue weighted by molar-refractivity contribution is -0.146. The average molecular weight is 764 g/mol. The van der Waals surface area contributed by atoms with Crippen LogP contribution in [0.1, 0.15) is 88.2 Å². The number of hydrogen-bond donors (Lipinski definition) is 6. The monoisotopic (exact) mass is 763 g/mol. The van der Waals surface area contributed by atoms with Crippen LogP contribution in [0.25, 0.3) is 0 Å². The zero-order valence-corrected chi connectivity index (χ0v) is 32.5. The van der Waals surface area contributed by atoms with Gasteiger partial charge in [-0.25, -0.2) is 0 Å². The molecule has 2 aliphatic rings. The summed E-state index contributed by atoms with van der Waals surface area (Å²) in [6.07, 6.45) is 6.07. The van der Waals surface area contributed by atoms with Crippen LogP contribution < -0.4 is 42.2 Å². The molecule has 4 rings (SSSR count). The first-order chi connectivity index (χ1) is 26.7. The van der Waals surface area contributed by atoms with E-state index in [0.29, 0.717) is 90.4 Å². The number of nitrogens with two attached hydrogens (primary N) is 2. The molecule has 0 aromatic heterocycles. The first-order valence-corrected chi connectivity index (χ1v) is 19.7. The summed E-state index contributed by atoms with van der Waals surface area (Å²) < 4.78 is 22.4. The number of rotatable bonds is 24. The molecule has 301 valence electrons. The van der Waals surface area contributed by atoms with Gasteiger partial charge in [0.15, 0.2) is 0 Å². The smallest absolute Gasteiger partial charge is 0.491 e. The van der Waals surface area contributed by atoms with Crippen LogP contribution in [0.3, 0.4) is 0 Å². The Hall–Kier alpha value is -4.18. The minimum atomic E-state index is -1.22. The van der Waals surface area contributed by atoms with Crippen molar-refractivity contribution in [1.82, 2.24) is 21.3 Å². The van der Waals surface area contributed by atoms with E-state index in [-0.39, 0.29) is 11.8 Å². The maximum Gasteiger partial charge on any atom is 0.491 e. The normalized spacial score (nSPS) is 16.7. The van der Waals surface area contributed by atoms with Gasteiger partial charge in [0.25, 0.3) is 0 Å². The average Bonchev–Trinajstić information content (AvgIpc) is 3.92. The van der Waals surface area contributed by atoms with Gasteiger partial charge in [-0.15, -0.1) is 0 Å². The highest BCUT2D eigenvalue weighted by Crippen LogP contribution is 2.40. The summed E-state index contributed by atoms with van der Waals surface area (Å²) in [7, 11) is 4.32. The van der Waals surface area contributed by atoms with E-state index >= 15 is 0 Å². The molecule has 2 atom stereocenters. The van der Waals surface area contributed by atoms with Crippen molar-refractivity contribution in [2.75, 3.05) is 40.4 Å². The van der Waals surface area contributed by atoms with Crippen molar-refractivity contribution in [2.45, 2.75) is 102 Å². The predicted molar refractivity (Wildman–Crippen MR) is 210 cm³/mol. The van der Waals surface area contributed by atoms with Gasteiger partial charge in [-0.3, -0.25) is 19.2 Å². The van der Waals surface area contributed by atoms with Gasteiger partial charge in [-0.2, -0.15) is 0 Å². The molecule has 2 aliphatic carbocycles. The Balaban J connectivity index is 1.33. The van der Waals surface area contributed by atoms with Crippen molar-refractivity contribution in [3.05, 3.63) is 59.7 Å². The Morgan fingerprint density at radius 1 is 0.655 bits per heavy atom. The fourth-order valence-electron chi connectivity index (χ4n) is 7.40. The molecule has 2 aromatic carbocycles. The molecule has 2 fully saturated rings.